The molecule has 60 valence electrons. The van der Waals surface area contributed by atoms with Crippen molar-refractivity contribution in [3.05, 3.63) is 0 Å². The first kappa shape index (κ1) is 8.01. The highest BCUT2D eigenvalue weighted by Crippen LogP contribution is 2.18. The van der Waals surface area contributed by atoms with Gasteiger partial charge in [0.25, 0.3) is 0 Å². The van der Waals surface area contributed by atoms with Crippen LogP contribution in [0.1, 0.15) is 12.8 Å². The first-order valence-corrected chi connectivity index (χ1v) is 5.36. The second kappa shape index (κ2) is 2.51. The van der Waals surface area contributed by atoms with Gasteiger partial charge in [0.2, 0.25) is 0 Å². The van der Waals surface area contributed by atoms with Crippen LogP contribution in [0.3, 0.4) is 0 Å². The molecule has 0 aromatic heterocycles. The topological polar surface area (TPSA) is 37.4 Å². The van der Waals surface area contributed by atoms with E-state index in [1.165, 1.54) is 6.26 Å². The summed E-state index contributed by atoms with van der Waals surface area (Å²) in [5, 5.41) is -0.215. The highest BCUT2D eigenvalue weighted by molar-refractivity contribution is 7.91. The fraction of sp³-hybridized carbons (Fsp3) is 1.00. The predicted octanol–water partition coefficient (Wildman–Crippen LogP) is 0.0827. The van der Waals surface area contributed by atoms with Gasteiger partial charge in [0, 0.05) is 6.26 Å². The summed E-state index contributed by atoms with van der Waals surface area (Å²) in [4.78, 5) is 1.90. The fourth-order valence-corrected chi connectivity index (χ4v) is 2.77. The highest BCUT2D eigenvalue weighted by Gasteiger charge is 2.29. The summed E-state index contributed by atoms with van der Waals surface area (Å²) in [6.45, 7) is 0.914. The van der Waals surface area contributed by atoms with Gasteiger partial charge in [0.05, 0.1) is 0 Å². The summed E-state index contributed by atoms with van der Waals surface area (Å²) in [7, 11) is -0.966. The minimum Gasteiger partial charge on any atom is -0.290 e. The standard InChI is InChI=1S/C6H13NO2S/c1-7-5-3-4-6(7)10(2,8)9/h6H,3-5H2,1-2H3/t6-/m1/s1. The molecule has 0 bridgehead atoms. The van der Waals surface area contributed by atoms with Crippen LogP contribution in [0.2, 0.25) is 0 Å². The monoisotopic (exact) mass is 163 g/mol. The van der Waals surface area contributed by atoms with E-state index in [-0.39, 0.29) is 5.37 Å². The molecule has 1 fully saturated rings. The fourth-order valence-electron chi connectivity index (χ4n) is 1.42. The lowest BCUT2D eigenvalue weighted by atomic mass is 10.4. The van der Waals surface area contributed by atoms with Crippen LogP contribution in [-0.4, -0.2) is 38.5 Å². The van der Waals surface area contributed by atoms with Crippen molar-refractivity contribution < 1.29 is 8.42 Å². The molecular weight excluding hydrogens is 150 g/mol. The number of rotatable bonds is 1. The van der Waals surface area contributed by atoms with Crippen LogP contribution in [0.25, 0.3) is 0 Å². The van der Waals surface area contributed by atoms with Gasteiger partial charge in [0.1, 0.15) is 5.37 Å². The quantitative estimate of drug-likeness (QED) is 0.549. The summed E-state index contributed by atoms with van der Waals surface area (Å²) in [6.07, 6.45) is 3.11. The molecular formula is C6H13NO2S. The first-order valence-electron chi connectivity index (χ1n) is 3.41. The van der Waals surface area contributed by atoms with Crippen LogP contribution >= 0.6 is 0 Å². The minimum absolute atomic E-state index is 0.215. The van der Waals surface area contributed by atoms with E-state index in [0.717, 1.165) is 19.4 Å². The zero-order chi connectivity index (χ0) is 7.78. The average molecular weight is 163 g/mol. The zero-order valence-corrected chi connectivity index (χ0v) is 7.19. The number of sulfone groups is 1. The van der Waals surface area contributed by atoms with Crippen molar-refractivity contribution >= 4 is 9.84 Å². The van der Waals surface area contributed by atoms with Crippen LogP contribution < -0.4 is 0 Å². The van der Waals surface area contributed by atoms with E-state index in [4.69, 9.17) is 0 Å². The van der Waals surface area contributed by atoms with Crippen molar-refractivity contribution in [3.63, 3.8) is 0 Å². The molecule has 0 saturated carbocycles. The number of hydrogen-bond donors (Lipinski definition) is 0. The highest BCUT2D eigenvalue weighted by atomic mass is 32.2. The molecule has 3 nitrogen and oxygen atoms in total. The molecule has 0 aromatic rings. The number of nitrogens with zero attached hydrogens (tertiary/aromatic N) is 1. The summed E-state index contributed by atoms with van der Waals surface area (Å²) in [6, 6.07) is 0. The Balaban J connectivity index is 2.74. The molecule has 0 unspecified atom stereocenters. The third kappa shape index (κ3) is 1.49. The zero-order valence-electron chi connectivity index (χ0n) is 6.37. The Kier molecular flexibility index (Phi) is 2.01. The molecule has 1 rings (SSSR count). The molecule has 0 amide bonds. The van der Waals surface area contributed by atoms with E-state index >= 15 is 0 Å². The SMILES string of the molecule is CN1CCC[C@H]1S(C)(=O)=O. The van der Waals surface area contributed by atoms with E-state index in [0.29, 0.717) is 0 Å². The van der Waals surface area contributed by atoms with Gasteiger partial charge in [0.15, 0.2) is 9.84 Å². The van der Waals surface area contributed by atoms with E-state index in [2.05, 4.69) is 0 Å². The Hall–Kier alpha value is -0.0900. The molecule has 0 N–H and O–H groups in total. The molecule has 1 saturated heterocycles. The lowest BCUT2D eigenvalue weighted by molar-refractivity contribution is 0.375. The maximum absolute atomic E-state index is 11.0. The molecule has 0 aromatic carbocycles. The lowest BCUT2D eigenvalue weighted by Gasteiger charge is -2.16. The van der Waals surface area contributed by atoms with Gasteiger partial charge in [-0.25, -0.2) is 8.42 Å². The van der Waals surface area contributed by atoms with Crippen molar-refractivity contribution in [2.45, 2.75) is 18.2 Å². The molecule has 1 aliphatic rings. The third-order valence-electron chi connectivity index (χ3n) is 1.95. The number of hydrogen-bond acceptors (Lipinski definition) is 3. The Bertz CT molecular complexity index is 210. The maximum atomic E-state index is 11.0. The first-order chi connectivity index (χ1) is 4.52. The Morgan fingerprint density at radius 1 is 1.50 bits per heavy atom. The summed E-state index contributed by atoms with van der Waals surface area (Å²) in [5.74, 6) is 0. The van der Waals surface area contributed by atoms with Gasteiger partial charge in [-0.05, 0) is 26.4 Å². The molecule has 1 atom stereocenters. The molecule has 1 heterocycles. The Labute approximate surface area is 61.9 Å². The average Bonchev–Trinajstić information content (AvgIpc) is 2.11. The summed E-state index contributed by atoms with van der Waals surface area (Å²) in [5.41, 5.74) is 0. The van der Waals surface area contributed by atoms with Crippen molar-refractivity contribution in [1.29, 1.82) is 0 Å². The van der Waals surface area contributed by atoms with Crippen molar-refractivity contribution in [1.82, 2.24) is 4.90 Å². The van der Waals surface area contributed by atoms with Gasteiger partial charge in [-0.1, -0.05) is 0 Å². The van der Waals surface area contributed by atoms with Crippen molar-refractivity contribution in [3.8, 4) is 0 Å². The predicted molar refractivity (Wildman–Crippen MR) is 40.5 cm³/mol. The molecule has 10 heavy (non-hydrogen) atoms. The second-order valence-electron chi connectivity index (χ2n) is 2.91. The van der Waals surface area contributed by atoms with Gasteiger partial charge in [-0.15, -0.1) is 0 Å². The van der Waals surface area contributed by atoms with Gasteiger partial charge >= 0.3 is 0 Å². The smallest absolute Gasteiger partial charge is 0.163 e. The van der Waals surface area contributed by atoms with Gasteiger partial charge in [-0.3, -0.25) is 4.90 Å². The van der Waals surface area contributed by atoms with E-state index in [1.807, 2.05) is 11.9 Å². The van der Waals surface area contributed by atoms with E-state index in [9.17, 15) is 8.42 Å². The van der Waals surface area contributed by atoms with Crippen LogP contribution in [0.5, 0.6) is 0 Å². The van der Waals surface area contributed by atoms with Crippen LogP contribution in [-0.2, 0) is 9.84 Å². The van der Waals surface area contributed by atoms with Crippen LogP contribution in [0.4, 0.5) is 0 Å². The molecule has 1 aliphatic heterocycles. The van der Waals surface area contributed by atoms with Crippen LogP contribution in [0.15, 0.2) is 0 Å². The Morgan fingerprint density at radius 2 is 2.10 bits per heavy atom. The molecule has 0 radical (unpaired) electrons. The minimum atomic E-state index is -2.83. The van der Waals surface area contributed by atoms with Crippen molar-refractivity contribution in [2.24, 2.45) is 0 Å². The third-order valence-corrected chi connectivity index (χ3v) is 3.53. The lowest BCUT2D eigenvalue weighted by Crippen LogP contribution is -2.31. The van der Waals surface area contributed by atoms with Crippen LogP contribution in [0, 0.1) is 0 Å². The summed E-state index contributed by atoms with van der Waals surface area (Å²) < 4.78 is 22.0. The van der Waals surface area contributed by atoms with Gasteiger partial charge in [-0.2, -0.15) is 0 Å². The molecule has 4 heteroatoms. The molecule has 0 aliphatic carbocycles. The van der Waals surface area contributed by atoms with Crippen molar-refractivity contribution in [2.75, 3.05) is 19.8 Å². The van der Waals surface area contributed by atoms with E-state index < -0.39 is 9.84 Å². The maximum Gasteiger partial charge on any atom is 0.163 e. The molecule has 0 spiro atoms. The summed E-state index contributed by atoms with van der Waals surface area (Å²) >= 11 is 0. The largest absolute Gasteiger partial charge is 0.290 e. The normalized spacial score (nSPS) is 29.2. The Morgan fingerprint density at radius 3 is 2.30 bits per heavy atom. The second-order valence-corrected chi connectivity index (χ2v) is 5.11. The van der Waals surface area contributed by atoms with E-state index in [1.54, 1.807) is 0 Å². The number of likely N-dealkylation sites (tertiary alicyclic amines) is 1. The van der Waals surface area contributed by atoms with Gasteiger partial charge < -0.3 is 0 Å².